The van der Waals surface area contributed by atoms with E-state index in [4.69, 9.17) is 15.5 Å². The maximum Gasteiger partial charge on any atom is 0.481 e. The van der Waals surface area contributed by atoms with Crippen LogP contribution in [0, 0.1) is 11.3 Å². The number of phosphoric ester groups is 1. The molecule has 7 N–H and O–H groups in total. The van der Waals surface area contributed by atoms with Gasteiger partial charge in [0.15, 0.2) is 11.5 Å². The van der Waals surface area contributed by atoms with E-state index in [1.165, 1.54) is 12.7 Å². The second-order valence-corrected chi connectivity index (χ2v) is 9.70. The van der Waals surface area contributed by atoms with Crippen LogP contribution in [0.15, 0.2) is 12.7 Å². The molecule has 4 rings (SSSR count). The Labute approximate surface area is 156 Å². The summed E-state index contributed by atoms with van der Waals surface area (Å²) in [6.45, 7) is -0.552. The van der Waals surface area contributed by atoms with Crippen molar-refractivity contribution < 1.29 is 42.9 Å². The summed E-state index contributed by atoms with van der Waals surface area (Å²) < 4.78 is 32.4. The van der Waals surface area contributed by atoms with Crippen LogP contribution in [-0.2, 0) is 18.0 Å². The first kappa shape index (κ1) is 19.8. The van der Waals surface area contributed by atoms with E-state index in [-0.39, 0.29) is 11.7 Å². The number of hydrogen-bond donors (Lipinski definition) is 6. The molecule has 0 radical (unpaired) electrons. The van der Waals surface area contributed by atoms with Gasteiger partial charge in [-0.1, -0.05) is 0 Å². The minimum atomic E-state index is -5.26. The predicted octanol–water partition coefficient (Wildman–Crippen LogP) is -1.08. The lowest BCUT2D eigenvalue weighted by atomic mass is 10.0. The van der Waals surface area contributed by atoms with Crippen LogP contribution < -0.4 is 5.73 Å². The van der Waals surface area contributed by atoms with Crippen LogP contribution in [0.1, 0.15) is 12.5 Å². The molecule has 0 aliphatic heterocycles. The lowest BCUT2D eigenvalue weighted by Crippen LogP contribution is -2.35. The normalized spacial score (nSPS) is 34.3. The lowest BCUT2D eigenvalue weighted by Gasteiger charge is -2.24. The Morgan fingerprint density at radius 1 is 1.25 bits per heavy atom. The van der Waals surface area contributed by atoms with Crippen molar-refractivity contribution in [3.63, 3.8) is 0 Å². The lowest BCUT2D eigenvalue weighted by molar-refractivity contribution is -0.0297. The number of anilines is 1. The standard InChI is InChI=1S/C12H17N5O9P2/c13-10-6-11(15-3-14-10)17(4-16-6)7-5-1-12(5,9(19)8(7)18)2-25-28(23,24)26-27(20,21)22/h3-5,7-9,18-19H,1-2H2,(H,23,24)(H2,13,14,15)(H2,20,21,22)/t5?,7-,8+,9+,12+/m1/s1. The summed E-state index contributed by atoms with van der Waals surface area (Å²) in [5, 5.41) is 21.0. The third-order valence-corrected chi connectivity index (χ3v) is 7.40. The summed E-state index contributed by atoms with van der Waals surface area (Å²) in [6.07, 6.45) is 0.370. The highest BCUT2D eigenvalue weighted by Gasteiger charge is 2.72. The quantitative estimate of drug-likeness (QED) is 0.296. The molecule has 2 aromatic heterocycles. The van der Waals surface area contributed by atoms with Crippen LogP contribution >= 0.6 is 15.6 Å². The van der Waals surface area contributed by atoms with E-state index in [1.54, 1.807) is 4.57 Å². The molecule has 2 fully saturated rings. The zero-order valence-corrected chi connectivity index (χ0v) is 15.8. The first-order valence-corrected chi connectivity index (χ1v) is 11.0. The highest BCUT2D eigenvalue weighted by atomic mass is 31.3. The van der Waals surface area contributed by atoms with Gasteiger partial charge in [-0.15, -0.1) is 0 Å². The summed E-state index contributed by atoms with van der Waals surface area (Å²) in [4.78, 5) is 38.8. The topological polar surface area (TPSA) is 223 Å². The van der Waals surface area contributed by atoms with E-state index in [0.717, 1.165) is 0 Å². The highest BCUT2D eigenvalue weighted by Crippen LogP contribution is 2.69. The average Bonchev–Trinajstić information content (AvgIpc) is 3.06. The minimum absolute atomic E-state index is 0.151. The predicted molar refractivity (Wildman–Crippen MR) is 90.2 cm³/mol. The Kier molecular flexibility index (Phi) is 4.43. The summed E-state index contributed by atoms with van der Waals surface area (Å²) in [6, 6.07) is -0.668. The van der Waals surface area contributed by atoms with Gasteiger partial charge < -0.3 is 35.2 Å². The van der Waals surface area contributed by atoms with E-state index >= 15 is 0 Å². The molecular weight excluding hydrogens is 420 g/mol. The Bertz CT molecular complexity index is 1030. The smallest absolute Gasteiger partial charge is 0.390 e. The van der Waals surface area contributed by atoms with Crippen molar-refractivity contribution >= 4 is 32.6 Å². The Hall–Kier alpha value is -1.47. The molecule has 0 bridgehead atoms. The molecule has 16 heteroatoms. The number of imidazole rings is 1. The molecule has 2 aromatic rings. The molecule has 2 aliphatic carbocycles. The first-order valence-electron chi connectivity index (χ1n) is 7.98. The minimum Gasteiger partial charge on any atom is -0.390 e. The molecule has 28 heavy (non-hydrogen) atoms. The van der Waals surface area contributed by atoms with Gasteiger partial charge in [-0.25, -0.2) is 24.1 Å². The molecule has 154 valence electrons. The average molecular weight is 437 g/mol. The van der Waals surface area contributed by atoms with Crippen molar-refractivity contribution in [1.29, 1.82) is 0 Å². The third kappa shape index (κ3) is 3.16. The van der Waals surface area contributed by atoms with Crippen molar-refractivity contribution in [2.75, 3.05) is 12.3 Å². The van der Waals surface area contributed by atoms with E-state index < -0.39 is 45.9 Å². The number of fused-ring (bicyclic) bond motifs is 2. The van der Waals surface area contributed by atoms with Gasteiger partial charge >= 0.3 is 15.6 Å². The zero-order chi connectivity index (χ0) is 20.5. The van der Waals surface area contributed by atoms with Crippen LogP contribution in [0.4, 0.5) is 5.82 Å². The molecule has 0 spiro atoms. The number of nitrogens with two attached hydrogens (primary N) is 1. The molecule has 2 aliphatic rings. The van der Waals surface area contributed by atoms with Crippen molar-refractivity contribution in [1.82, 2.24) is 19.5 Å². The van der Waals surface area contributed by atoms with E-state index in [1.807, 2.05) is 0 Å². The fraction of sp³-hybridized carbons (Fsp3) is 0.583. The van der Waals surface area contributed by atoms with Gasteiger partial charge in [0, 0.05) is 5.41 Å². The molecule has 0 amide bonds. The highest BCUT2D eigenvalue weighted by molar-refractivity contribution is 7.60. The van der Waals surface area contributed by atoms with Gasteiger partial charge in [-0.05, 0) is 12.3 Å². The summed E-state index contributed by atoms with van der Waals surface area (Å²) in [7, 11) is -10.3. The van der Waals surface area contributed by atoms with Gasteiger partial charge in [0.25, 0.3) is 0 Å². The second-order valence-electron chi connectivity index (χ2n) is 6.87. The van der Waals surface area contributed by atoms with Crippen LogP contribution in [0.2, 0.25) is 0 Å². The van der Waals surface area contributed by atoms with Crippen molar-refractivity contribution in [3.05, 3.63) is 12.7 Å². The largest absolute Gasteiger partial charge is 0.481 e. The van der Waals surface area contributed by atoms with E-state index in [9.17, 15) is 24.2 Å². The number of aliphatic hydroxyl groups excluding tert-OH is 2. The maximum atomic E-state index is 11.7. The van der Waals surface area contributed by atoms with Crippen LogP contribution in [0.25, 0.3) is 11.2 Å². The van der Waals surface area contributed by atoms with E-state index in [2.05, 4.69) is 23.8 Å². The van der Waals surface area contributed by atoms with Crippen LogP contribution in [0.5, 0.6) is 0 Å². The zero-order valence-electron chi connectivity index (χ0n) is 14.0. The molecule has 6 atom stereocenters. The fourth-order valence-corrected chi connectivity index (χ4v) is 5.64. The van der Waals surface area contributed by atoms with Gasteiger partial charge in [0.1, 0.15) is 17.9 Å². The van der Waals surface area contributed by atoms with Crippen molar-refractivity contribution in [3.8, 4) is 0 Å². The summed E-state index contributed by atoms with van der Waals surface area (Å²) in [5.74, 6) is -0.223. The molecule has 2 saturated carbocycles. The number of nitrogen functional groups attached to an aromatic ring is 1. The number of rotatable bonds is 6. The molecule has 0 aromatic carbocycles. The number of nitrogens with zero attached hydrogens (tertiary/aromatic N) is 4. The first-order chi connectivity index (χ1) is 13.0. The van der Waals surface area contributed by atoms with E-state index in [0.29, 0.717) is 17.6 Å². The van der Waals surface area contributed by atoms with Gasteiger partial charge in [0.2, 0.25) is 0 Å². The SMILES string of the molecule is Nc1ncnc2c1ncn2[C@@H]1C2C[C@@]2(COP(=O)(O)OP(=O)(O)O)[C@@H](O)[C@H]1O. The fourth-order valence-electron chi connectivity index (χ4n) is 3.97. The molecule has 0 saturated heterocycles. The number of hydrogen-bond acceptors (Lipinski definition) is 10. The molecule has 2 heterocycles. The van der Waals surface area contributed by atoms with Gasteiger partial charge in [-0.2, -0.15) is 4.31 Å². The van der Waals surface area contributed by atoms with Crippen LogP contribution in [-0.4, -0.2) is 63.2 Å². The Balaban J connectivity index is 1.57. The monoisotopic (exact) mass is 437 g/mol. The van der Waals surface area contributed by atoms with Crippen molar-refractivity contribution in [2.24, 2.45) is 11.3 Å². The number of phosphoric acid groups is 2. The number of aliphatic hydroxyl groups is 2. The number of aromatic nitrogens is 4. The van der Waals surface area contributed by atoms with Gasteiger partial charge in [-0.3, -0.25) is 4.52 Å². The van der Waals surface area contributed by atoms with Gasteiger partial charge in [0.05, 0.1) is 25.1 Å². The molecule has 14 nitrogen and oxygen atoms in total. The maximum absolute atomic E-state index is 11.7. The second kappa shape index (κ2) is 6.26. The Morgan fingerprint density at radius 3 is 2.64 bits per heavy atom. The summed E-state index contributed by atoms with van der Waals surface area (Å²) >= 11 is 0. The van der Waals surface area contributed by atoms with Crippen LogP contribution in [0.3, 0.4) is 0 Å². The summed E-state index contributed by atoms with van der Waals surface area (Å²) in [5.41, 5.74) is 5.34. The Morgan fingerprint density at radius 2 is 1.96 bits per heavy atom. The third-order valence-electron chi connectivity index (χ3n) is 5.27. The van der Waals surface area contributed by atoms with Crippen molar-refractivity contribution in [2.45, 2.75) is 24.7 Å². The molecular formula is C12H17N5O9P2. The molecule has 2 unspecified atom stereocenters.